The monoisotopic (exact) mass is 324 g/mol. The van der Waals surface area contributed by atoms with E-state index in [0.717, 1.165) is 27.2 Å². The Morgan fingerprint density at radius 3 is 2.56 bits per heavy atom. The number of hydrogen-bond donors (Lipinski definition) is 1. The van der Waals surface area contributed by atoms with Crippen molar-refractivity contribution < 1.29 is 0 Å². The van der Waals surface area contributed by atoms with Gasteiger partial charge in [0.25, 0.3) is 0 Å². The Morgan fingerprint density at radius 1 is 1.28 bits per heavy atom. The molecule has 0 bridgehead atoms. The average molecular weight is 325 g/mol. The van der Waals surface area contributed by atoms with E-state index in [0.29, 0.717) is 6.54 Å². The molecular formula is C14H17BrN2S. The largest absolute Gasteiger partial charge is 0.330 e. The minimum Gasteiger partial charge on any atom is -0.330 e. The van der Waals surface area contributed by atoms with Crippen LogP contribution in [0.3, 0.4) is 0 Å². The highest BCUT2D eigenvalue weighted by molar-refractivity contribution is 9.10. The van der Waals surface area contributed by atoms with Crippen molar-refractivity contribution in [1.29, 1.82) is 0 Å². The molecule has 0 spiro atoms. The normalized spacial score (nSPS) is 11.8. The lowest BCUT2D eigenvalue weighted by molar-refractivity contribution is 0.476. The van der Waals surface area contributed by atoms with Gasteiger partial charge in [-0.15, -0.1) is 11.3 Å². The molecule has 96 valence electrons. The molecule has 2 aromatic rings. The number of benzene rings is 1. The van der Waals surface area contributed by atoms with E-state index in [1.807, 2.05) is 12.1 Å². The average Bonchev–Trinajstić information content (AvgIpc) is 2.80. The Hall–Kier alpha value is -0.710. The van der Waals surface area contributed by atoms with Crippen LogP contribution in [0.15, 0.2) is 34.1 Å². The van der Waals surface area contributed by atoms with Crippen molar-refractivity contribution in [3.8, 4) is 10.6 Å². The van der Waals surface area contributed by atoms with Gasteiger partial charge in [-0.25, -0.2) is 4.98 Å². The summed E-state index contributed by atoms with van der Waals surface area (Å²) in [4.78, 5) is 4.75. The second kappa shape index (κ2) is 5.51. The maximum Gasteiger partial charge on any atom is 0.123 e. The van der Waals surface area contributed by atoms with Crippen LogP contribution >= 0.6 is 27.3 Å². The first-order valence-corrected chi connectivity index (χ1v) is 7.62. The summed E-state index contributed by atoms with van der Waals surface area (Å²) in [7, 11) is 0. The van der Waals surface area contributed by atoms with Gasteiger partial charge < -0.3 is 5.73 Å². The van der Waals surface area contributed by atoms with Crippen LogP contribution in [0, 0.1) is 0 Å². The van der Waals surface area contributed by atoms with E-state index in [1.54, 1.807) is 11.3 Å². The van der Waals surface area contributed by atoms with Crippen LogP contribution in [0.4, 0.5) is 0 Å². The quantitative estimate of drug-likeness (QED) is 0.915. The molecule has 2 N–H and O–H groups in total. The van der Waals surface area contributed by atoms with Crippen LogP contribution in [0.25, 0.3) is 10.6 Å². The van der Waals surface area contributed by atoms with Gasteiger partial charge in [-0.2, -0.15) is 0 Å². The highest BCUT2D eigenvalue weighted by Gasteiger charge is 2.22. The molecule has 18 heavy (non-hydrogen) atoms. The number of aromatic nitrogens is 1. The van der Waals surface area contributed by atoms with Crippen molar-refractivity contribution in [1.82, 2.24) is 4.98 Å². The van der Waals surface area contributed by atoms with Crippen LogP contribution < -0.4 is 5.73 Å². The summed E-state index contributed by atoms with van der Waals surface area (Å²) in [5.41, 5.74) is 8.01. The summed E-state index contributed by atoms with van der Waals surface area (Å²) in [5.74, 6) is 0. The number of rotatable bonds is 4. The molecule has 0 saturated heterocycles. The van der Waals surface area contributed by atoms with Crippen molar-refractivity contribution in [2.75, 3.05) is 6.54 Å². The zero-order valence-corrected chi connectivity index (χ0v) is 13.0. The smallest absolute Gasteiger partial charge is 0.123 e. The molecule has 0 fully saturated rings. The van der Waals surface area contributed by atoms with Gasteiger partial charge in [0, 0.05) is 20.8 Å². The third kappa shape index (κ3) is 2.99. The Bertz CT molecular complexity index is 517. The van der Waals surface area contributed by atoms with E-state index < -0.39 is 0 Å². The van der Waals surface area contributed by atoms with Gasteiger partial charge in [0.05, 0.1) is 5.69 Å². The molecule has 2 rings (SSSR count). The van der Waals surface area contributed by atoms with E-state index in [1.165, 1.54) is 0 Å². The lowest BCUT2D eigenvalue weighted by Crippen LogP contribution is -2.22. The molecule has 1 heterocycles. The van der Waals surface area contributed by atoms with Crippen molar-refractivity contribution in [3.63, 3.8) is 0 Å². The summed E-state index contributed by atoms with van der Waals surface area (Å²) in [6.07, 6.45) is 0.955. The van der Waals surface area contributed by atoms with E-state index in [4.69, 9.17) is 10.7 Å². The zero-order chi connectivity index (χ0) is 13.2. The molecule has 0 aliphatic carbocycles. The predicted octanol–water partition coefficient (Wildman–Crippen LogP) is 4.20. The molecule has 0 radical (unpaired) electrons. The lowest BCUT2D eigenvalue weighted by atomic mass is 9.86. The fourth-order valence-electron chi connectivity index (χ4n) is 1.80. The van der Waals surface area contributed by atoms with E-state index in [2.05, 4.69) is 47.3 Å². The molecule has 0 amide bonds. The molecule has 4 heteroatoms. The number of halogens is 1. The van der Waals surface area contributed by atoms with Crippen LogP contribution in [0.5, 0.6) is 0 Å². The van der Waals surface area contributed by atoms with Gasteiger partial charge in [0.1, 0.15) is 5.01 Å². The standard InChI is InChI=1S/C14H17BrN2S/c1-14(2,7-8-16)12-9-18-13(17-12)10-3-5-11(15)6-4-10/h3-6,9H,7-8,16H2,1-2H3. The van der Waals surface area contributed by atoms with Crippen LogP contribution in [0.2, 0.25) is 0 Å². The first-order chi connectivity index (χ1) is 8.53. The third-order valence-electron chi connectivity index (χ3n) is 3.06. The number of nitrogens with zero attached hydrogens (tertiary/aromatic N) is 1. The Kier molecular flexibility index (Phi) is 4.20. The molecule has 1 aromatic heterocycles. The van der Waals surface area contributed by atoms with Crippen molar-refractivity contribution in [2.24, 2.45) is 5.73 Å². The summed E-state index contributed by atoms with van der Waals surface area (Å²) in [6, 6.07) is 8.26. The number of hydrogen-bond acceptors (Lipinski definition) is 3. The van der Waals surface area contributed by atoms with Gasteiger partial charge >= 0.3 is 0 Å². The number of nitrogens with two attached hydrogens (primary N) is 1. The summed E-state index contributed by atoms with van der Waals surface area (Å²) in [6.45, 7) is 5.08. The fraction of sp³-hybridized carbons (Fsp3) is 0.357. The van der Waals surface area contributed by atoms with Crippen LogP contribution in [-0.4, -0.2) is 11.5 Å². The van der Waals surface area contributed by atoms with Gasteiger partial charge in [-0.1, -0.05) is 41.9 Å². The first kappa shape index (κ1) is 13.7. The van der Waals surface area contributed by atoms with Gasteiger partial charge in [0.15, 0.2) is 0 Å². The maximum atomic E-state index is 5.66. The Balaban J connectivity index is 2.28. The molecule has 0 saturated carbocycles. The van der Waals surface area contributed by atoms with E-state index in [9.17, 15) is 0 Å². The second-order valence-corrected chi connectivity index (χ2v) is 6.74. The third-order valence-corrected chi connectivity index (χ3v) is 4.48. The van der Waals surface area contributed by atoms with Gasteiger partial charge in [-0.3, -0.25) is 0 Å². The molecule has 0 aliphatic rings. The second-order valence-electron chi connectivity index (χ2n) is 4.97. The van der Waals surface area contributed by atoms with E-state index >= 15 is 0 Å². The van der Waals surface area contributed by atoms with Crippen LogP contribution in [-0.2, 0) is 5.41 Å². The minimum absolute atomic E-state index is 0.0544. The topological polar surface area (TPSA) is 38.9 Å². The van der Waals surface area contributed by atoms with Crippen molar-refractivity contribution >= 4 is 27.3 Å². The lowest BCUT2D eigenvalue weighted by Gasteiger charge is -2.21. The maximum absolute atomic E-state index is 5.66. The first-order valence-electron chi connectivity index (χ1n) is 5.95. The molecule has 2 nitrogen and oxygen atoms in total. The number of thiazole rings is 1. The van der Waals surface area contributed by atoms with Gasteiger partial charge in [-0.05, 0) is 25.1 Å². The molecule has 0 atom stereocenters. The molecular weight excluding hydrogens is 308 g/mol. The minimum atomic E-state index is 0.0544. The van der Waals surface area contributed by atoms with Crippen molar-refractivity contribution in [3.05, 3.63) is 39.8 Å². The predicted molar refractivity (Wildman–Crippen MR) is 81.9 cm³/mol. The summed E-state index contributed by atoms with van der Waals surface area (Å²) in [5, 5.41) is 3.22. The van der Waals surface area contributed by atoms with Crippen LogP contribution in [0.1, 0.15) is 26.0 Å². The molecule has 1 aromatic carbocycles. The molecule has 0 aliphatic heterocycles. The summed E-state index contributed by atoms with van der Waals surface area (Å²) < 4.78 is 1.09. The Labute approximate surface area is 120 Å². The van der Waals surface area contributed by atoms with E-state index in [-0.39, 0.29) is 5.41 Å². The zero-order valence-electron chi connectivity index (χ0n) is 10.6. The SMILES string of the molecule is CC(C)(CCN)c1csc(-c2ccc(Br)cc2)n1. The fourth-order valence-corrected chi connectivity index (χ4v) is 3.08. The highest BCUT2D eigenvalue weighted by Crippen LogP contribution is 2.32. The molecule has 0 unspecified atom stereocenters. The van der Waals surface area contributed by atoms with Crippen molar-refractivity contribution in [2.45, 2.75) is 25.7 Å². The summed E-state index contributed by atoms with van der Waals surface area (Å²) >= 11 is 5.14. The van der Waals surface area contributed by atoms with Gasteiger partial charge in [0.2, 0.25) is 0 Å². The Morgan fingerprint density at radius 2 is 1.94 bits per heavy atom. The highest BCUT2D eigenvalue weighted by atomic mass is 79.9.